The van der Waals surface area contributed by atoms with Gasteiger partial charge < -0.3 is 5.32 Å². The lowest BCUT2D eigenvalue weighted by molar-refractivity contribution is -0.384. The van der Waals surface area contributed by atoms with E-state index in [-0.39, 0.29) is 29.3 Å². The van der Waals surface area contributed by atoms with Crippen molar-refractivity contribution in [2.75, 3.05) is 5.32 Å². The van der Waals surface area contributed by atoms with Crippen molar-refractivity contribution in [2.24, 2.45) is 17.8 Å². The highest BCUT2D eigenvalue weighted by Crippen LogP contribution is 2.40. The van der Waals surface area contributed by atoms with Crippen LogP contribution >= 0.6 is 0 Å². The minimum absolute atomic E-state index is 0.00389. The van der Waals surface area contributed by atoms with Gasteiger partial charge in [0.15, 0.2) is 0 Å². The number of fused-ring (bicyclic) bond motifs is 2. The third-order valence-electron chi connectivity index (χ3n) is 4.76. The molecule has 116 valence electrons. The molecule has 0 unspecified atom stereocenters. The molecule has 6 nitrogen and oxygen atoms in total. The molecular weight excluding hydrogens is 284 g/mol. The van der Waals surface area contributed by atoms with Gasteiger partial charge in [-0.3, -0.25) is 19.7 Å². The van der Waals surface area contributed by atoms with E-state index in [9.17, 15) is 19.7 Å². The number of anilines is 1. The van der Waals surface area contributed by atoms with E-state index in [1.807, 2.05) is 0 Å². The highest BCUT2D eigenvalue weighted by Gasteiger charge is 2.41. The molecule has 1 aromatic carbocycles. The normalized spacial score (nSPS) is 27.3. The van der Waals surface area contributed by atoms with Crippen LogP contribution in [-0.4, -0.2) is 16.6 Å². The van der Waals surface area contributed by atoms with Gasteiger partial charge in [-0.25, -0.2) is 0 Å². The summed E-state index contributed by atoms with van der Waals surface area (Å²) in [4.78, 5) is 34.5. The summed E-state index contributed by atoms with van der Waals surface area (Å²) in [7, 11) is 0. The molecule has 1 N–H and O–H groups in total. The number of benzene rings is 1. The quantitative estimate of drug-likeness (QED) is 0.686. The molecule has 0 radical (unpaired) electrons. The van der Waals surface area contributed by atoms with Crippen molar-refractivity contribution in [3.8, 4) is 0 Å². The summed E-state index contributed by atoms with van der Waals surface area (Å²) in [5.41, 5.74) is 0.549. The maximum Gasteiger partial charge on any atom is 0.269 e. The molecule has 2 aliphatic carbocycles. The van der Waals surface area contributed by atoms with Crippen molar-refractivity contribution in [2.45, 2.75) is 32.1 Å². The fourth-order valence-electron chi connectivity index (χ4n) is 3.60. The Labute approximate surface area is 128 Å². The van der Waals surface area contributed by atoms with Crippen LogP contribution in [0.4, 0.5) is 11.4 Å². The van der Waals surface area contributed by atoms with E-state index in [1.54, 1.807) is 0 Å². The minimum atomic E-state index is -0.473. The van der Waals surface area contributed by atoms with Crippen molar-refractivity contribution in [1.29, 1.82) is 0 Å². The number of Topliss-reactive ketones (excluding diaryl/α,β-unsaturated/α-hetero) is 1. The van der Waals surface area contributed by atoms with Gasteiger partial charge in [0.05, 0.1) is 4.92 Å². The fourth-order valence-corrected chi connectivity index (χ4v) is 3.60. The molecule has 2 saturated carbocycles. The van der Waals surface area contributed by atoms with Gasteiger partial charge in [0.1, 0.15) is 5.78 Å². The highest BCUT2D eigenvalue weighted by atomic mass is 16.6. The number of amides is 1. The molecule has 0 aliphatic heterocycles. The predicted octanol–water partition coefficient (Wildman–Crippen LogP) is 2.93. The monoisotopic (exact) mass is 302 g/mol. The largest absolute Gasteiger partial charge is 0.326 e. The van der Waals surface area contributed by atoms with Crippen LogP contribution in [0.5, 0.6) is 0 Å². The van der Waals surface area contributed by atoms with Crippen LogP contribution in [0.1, 0.15) is 32.1 Å². The summed E-state index contributed by atoms with van der Waals surface area (Å²) in [6.07, 6.45) is 4.15. The third-order valence-corrected chi connectivity index (χ3v) is 4.76. The second kappa shape index (κ2) is 5.87. The van der Waals surface area contributed by atoms with Gasteiger partial charge in [0.25, 0.3) is 5.69 Å². The zero-order valence-electron chi connectivity index (χ0n) is 12.2. The maximum atomic E-state index is 12.4. The summed E-state index contributed by atoms with van der Waals surface area (Å²) in [5.74, 6) is 0.201. The van der Waals surface area contributed by atoms with Crippen molar-refractivity contribution in [3.05, 3.63) is 34.4 Å². The minimum Gasteiger partial charge on any atom is -0.326 e. The van der Waals surface area contributed by atoms with E-state index < -0.39 is 4.92 Å². The van der Waals surface area contributed by atoms with Gasteiger partial charge in [0, 0.05) is 35.6 Å². The number of nitro benzene ring substituents is 1. The average molecular weight is 302 g/mol. The Bertz CT molecular complexity index is 595. The van der Waals surface area contributed by atoms with Gasteiger partial charge in [-0.2, -0.15) is 0 Å². The molecule has 2 fully saturated rings. The van der Waals surface area contributed by atoms with E-state index in [1.165, 1.54) is 24.3 Å². The number of nitro groups is 1. The van der Waals surface area contributed by atoms with E-state index in [0.717, 1.165) is 19.3 Å². The van der Waals surface area contributed by atoms with Crippen LogP contribution in [0.2, 0.25) is 0 Å². The van der Waals surface area contributed by atoms with Gasteiger partial charge in [-0.15, -0.1) is 0 Å². The number of ketones is 1. The molecule has 22 heavy (non-hydrogen) atoms. The lowest BCUT2D eigenvalue weighted by Gasteiger charge is -2.36. The molecule has 0 spiro atoms. The lowest BCUT2D eigenvalue weighted by Crippen LogP contribution is -2.40. The molecule has 3 rings (SSSR count). The van der Waals surface area contributed by atoms with E-state index in [2.05, 4.69) is 5.32 Å². The van der Waals surface area contributed by atoms with E-state index >= 15 is 0 Å². The van der Waals surface area contributed by atoms with Crippen LogP contribution in [-0.2, 0) is 9.59 Å². The average Bonchev–Trinajstić information content (AvgIpc) is 2.47. The number of rotatable bonds is 3. The van der Waals surface area contributed by atoms with Crippen LogP contribution in [0, 0.1) is 27.9 Å². The Morgan fingerprint density at radius 2 is 1.73 bits per heavy atom. The topological polar surface area (TPSA) is 89.3 Å². The van der Waals surface area contributed by atoms with Crippen LogP contribution < -0.4 is 5.32 Å². The van der Waals surface area contributed by atoms with Crippen molar-refractivity contribution < 1.29 is 14.5 Å². The smallest absolute Gasteiger partial charge is 0.269 e. The zero-order chi connectivity index (χ0) is 15.7. The van der Waals surface area contributed by atoms with E-state index in [4.69, 9.17) is 0 Å². The molecular formula is C16H18N2O4. The molecule has 1 aromatic rings. The first-order valence-electron chi connectivity index (χ1n) is 7.63. The number of hydrogen-bond donors (Lipinski definition) is 1. The van der Waals surface area contributed by atoms with Crippen molar-refractivity contribution >= 4 is 23.1 Å². The molecule has 6 heteroatoms. The molecule has 0 saturated heterocycles. The van der Waals surface area contributed by atoms with Crippen LogP contribution in [0.15, 0.2) is 24.3 Å². The van der Waals surface area contributed by atoms with Gasteiger partial charge in [0.2, 0.25) is 5.91 Å². The van der Waals surface area contributed by atoms with Crippen molar-refractivity contribution in [1.82, 2.24) is 0 Å². The Kier molecular flexibility index (Phi) is 3.92. The van der Waals surface area contributed by atoms with Gasteiger partial charge in [-0.1, -0.05) is 6.42 Å². The number of nitrogens with one attached hydrogen (secondary N) is 1. The zero-order valence-corrected chi connectivity index (χ0v) is 12.2. The standard InChI is InChI=1S/C16H18N2O4/c19-15-10-2-1-3-11(15)9-12(8-10)16(20)17-13-4-6-14(7-5-13)18(21)22/h4-7,10-12H,1-3,8-9H2,(H,17,20)/t10-,11-/m0/s1. The second-order valence-electron chi connectivity index (χ2n) is 6.19. The van der Waals surface area contributed by atoms with E-state index in [0.29, 0.717) is 24.3 Å². The van der Waals surface area contributed by atoms with Crippen LogP contribution in [0.3, 0.4) is 0 Å². The fraction of sp³-hybridized carbons (Fsp3) is 0.500. The lowest BCUT2D eigenvalue weighted by atomic mass is 9.67. The summed E-state index contributed by atoms with van der Waals surface area (Å²) in [6.45, 7) is 0. The number of carbonyl (C=O) groups excluding carboxylic acids is 2. The summed E-state index contributed by atoms with van der Waals surface area (Å²) in [6, 6.07) is 5.80. The first-order chi connectivity index (χ1) is 10.5. The third kappa shape index (κ3) is 2.86. The Morgan fingerprint density at radius 3 is 2.27 bits per heavy atom. The number of hydrogen-bond acceptors (Lipinski definition) is 4. The molecule has 2 bridgehead atoms. The van der Waals surface area contributed by atoms with Crippen LogP contribution in [0.25, 0.3) is 0 Å². The number of carbonyl (C=O) groups is 2. The number of nitrogens with zero attached hydrogens (tertiary/aromatic N) is 1. The summed E-state index contributed by atoms with van der Waals surface area (Å²) in [5, 5.41) is 13.4. The summed E-state index contributed by atoms with van der Waals surface area (Å²) >= 11 is 0. The predicted molar refractivity (Wildman–Crippen MR) is 80.3 cm³/mol. The van der Waals surface area contributed by atoms with Gasteiger partial charge in [-0.05, 0) is 37.8 Å². The summed E-state index contributed by atoms with van der Waals surface area (Å²) < 4.78 is 0. The van der Waals surface area contributed by atoms with Crippen molar-refractivity contribution in [3.63, 3.8) is 0 Å². The highest BCUT2D eigenvalue weighted by molar-refractivity contribution is 5.95. The van der Waals surface area contributed by atoms with Gasteiger partial charge >= 0.3 is 0 Å². The number of non-ortho nitro benzene ring substituents is 1. The molecule has 0 aromatic heterocycles. The second-order valence-corrected chi connectivity index (χ2v) is 6.19. The first kappa shape index (κ1) is 14.7. The maximum absolute atomic E-state index is 12.4. The Morgan fingerprint density at radius 1 is 1.14 bits per heavy atom. The Balaban J connectivity index is 1.64. The molecule has 1 amide bonds. The molecule has 2 aliphatic rings. The first-order valence-corrected chi connectivity index (χ1v) is 7.63. The Hall–Kier alpha value is -2.24. The molecule has 0 heterocycles. The molecule has 2 atom stereocenters. The SMILES string of the molecule is O=C(Nc1ccc([N+](=O)[O-])cc1)C1C[C@@H]2CCC[C@@H](C1)C2=O.